The molecule has 3 saturated heterocycles. The third-order valence-corrected chi connectivity index (χ3v) is 7.28. The fraction of sp³-hybridized carbons (Fsp3) is 0.524. The highest BCUT2D eigenvalue weighted by Crippen LogP contribution is 2.55. The maximum absolute atomic E-state index is 13.1. The summed E-state index contributed by atoms with van der Waals surface area (Å²) in [5, 5.41) is 2.80. The number of hydrogen-bond acceptors (Lipinski definition) is 5. The number of thiazole rings is 1. The van der Waals surface area contributed by atoms with Gasteiger partial charge in [0.2, 0.25) is 0 Å². The third kappa shape index (κ3) is 2.82. The van der Waals surface area contributed by atoms with E-state index in [0.29, 0.717) is 23.6 Å². The average Bonchev–Trinajstić information content (AvgIpc) is 3.42. The van der Waals surface area contributed by atoms with E-state index in [2.05, 4.69) is 24.0 Å². The molecule has 0 aliphatic carbocycles. The number of fused-ring (bicyclic) bond motifs is 1. The van der Waals surface area contributed by atoms with Crippen molar-refractivity contribution in [2.75, 3.05) is 33.7 Å². The van der Waals surface area contributed by atoms with Gasteiger partial charge in [-0.15, -0.1) is 11.3 Å². The Morgan fingerprint density at radius 2 is 2.19 bits per heavy atom. The lowest BCUT2D eigenvalue weighted by Crippen LogP contribution is -2.40. The minimum atomic E-state index is -0.112. The van der Waals surface area contributed by atoms with Crippen molar-refractivity contribution >= 4 is 17.2 Å². The summed E-state index contributed by atoms with van der Waals surface area (Å²) in [5.74, 6) is 1.03. The van der Waals surface area contributed by atoms with E-state index in [1.54, 1.807) is 0 Å². The van der Waals surface area contributed by atoms with Crippen molar-refractivity contribution in [1.29, 1.82) is 0 Å². The van der Waals surface area contributed by atoms with Gasteiger partial charge in [0.25, 0.3) is 5.91 Å². The number of rotatable bonds is 4. The summed E-state index contributed by atoms with van der Waals surface area (Å²) in [5.41, 5.74) is 1.51. The molecule has 2 bridgehead atoms. The highest BCUT2D eigenvalue weighted by molar-refractivity contribution is 7.13. The zero-order chi connectivity index (χ0) is 18.6. The van der Waals surface area contributed by atoms with Gasteiger partial charge in [-0.05, 0) is 26.9 Å². The van der Waals surface area contributed by atoms with Gasteiger partial charge in [0.05, 0.1) is 18.2 Å². The second-order valence-corrected chi connectivity index (χ2v) is 9.24. The predicted molar refractivity (Wildman–Crippen MR) is 106 cm³/mol. The zero-order valence-electron chi connectivity index (χ0n) is 15.8. The summed E-state index contributed by atoms with van der Waals surface area (Å²) in [6.07, 6.45) is 2.59. The highest BCUT2D eigenvalue weighted by atomic mass is 32.1. The average molecular weight is 384 g/mol. The first-order chi connectivity index (χ1) is 13.1. The Kier molecular flexibility index (Phi) is 4.11. The normalized spacial score (nSPS) is 31.7. The maximum atomic E-state index is 13.1. The summed E-state index contributed by atoms with van der Waals surface area (Å²) in [4.78, 5) is 22.0. The Labute approximate surface area is 164 Å². The molecule has 0 saturated carbocycles. The van der Waals surface area contributed by atoms with Crippen LogP contribution in [0.15, 0.2) is 35.7 Å². The molecule has 3 aliphatic rings. The fourth-order valence-corrected chi connectivity index (χ4v) is 6.06. The topological polar surface area (TPSA) is 45.7 Å². The summed E-state index contributed by atoms with van der Waals surface area (Å²) in [6, 6.07) is 10.1. The number of nitrogens with zero attached hydrogens (tertiary/aromatic N) is 3. The SMILES string of the molecule is CN(C)C[C@H]1[C@H]2CN(C(=O)c3csc(-c4ccccc4)n3)C[C@]23CC[C@H]1O3. The molecule has 1 spiro atoms. The van der Waals surface area contributed by atoms with E-state index in [0.717, 1.165) is 43.0 Å². The van der Waals surface area contributed by atoms with Crippen LogP contribution in [0.2, 0.25) is 0 Å². The summed E-state index contributed by atoms with van der Waals surface area (Å²) >= 11 is 1.54. The molecule has 5 nitrogen and oxygen atoms in total. The Bertz CT molecular complexity index is 852. The van der Waals surface area contributed by atoms with Crippen molar-refractivity contribution in [2.45, 2.75) is 24.5 Å². The van der Waals surface area contributed by atoms with Crippen LogP contribution in [0.5, 0.6) is 0 Å². The van der Waals surface area contributed by atoms with Gasteiger partial charge in [-0.3, -0.25) is 4.79 Å². The van der Waals surface area contributed by atoms with E-state index in [1.165, 1.54) is 11.3 Å². The second-order valence-electron chi connectivity index (χ2n) is 8.38. The Hall–Kier alpha value is -1.76. The molecule has 1 aromatic heterocycles. The van der Waals surface area contributed by atoms with Crippen LogP contribution in [0.4, 0.5) is 0 Å². The minimum absolute atomic E-state index is 0.0489. The van der Waals surface area contributed by atoms with Crippen LogP contribution in [0, 0.1) is 11.8 Å². The van der Waals surface area contributed by atoms with E-state index in [4.69, 9.17) is 4.74 Å². The molecule has 6 heteroatoms. The molecule has 1 aromatic carbocycles. The molecule has 4 heterocycles. The minimum Gasteiger partial charge on any atom is -0.369 e. The quantitative estimate of drug-likeness (QED) is 0.814. The summed E-state index contributed by atoms with van der Waals surface area (Å²) in [6.45, 7) is 2.55. The van der Waals surface area contributed by atoms with Gasteiger partial charge in [0.15, 0.2) is 0 Å². The molecule has 0 unspecified atom stereocenters. The monoisotopic (exact) mass is 383 g/mol. The van der Waals surface area contributed by atoms with Crippen LogP contribution in [-0.4, -0.2) is 66.1 Å². The largest absolute Gasteiger partial charge is 0.369 e. The van der Waals surface area contributed by atoms with E-state index >= 15 is 0 Å². The predicted octanol–water partition coefficient (Wildman–Crippen LogP) is 2.99. The van der Waals surface area contributed by atoms with Gasteiger partial charge < -0.3 is 14.5 Å². The smallest absolute Gasteiger partial charge is 0.273 e. The molecule has 0 radical (unpaired) electrons. The van der Waals surface area contributed by atoms with Gasteiger partial charge in [0, 0.05) is 35.9 Å². The molecule has 142 valence electrons. The van der Waals surface area contributed by atoms with Crippen molar-refractivity contribution < 1.29 is 9.53 Å². The van der Waals surface area contributed by atoms with E-state index in [1.807, 2.05) is 40.6 Å². The van der Waals surface area contributed by atoms with Crippen LogP contribution >= 0.6 is 11.3 Å². The van der Waals surface area contributed by atoms with Gasteiger partial charge >= 0.3 is 0 Å². The number of carbonyl (C=O) groups is 1. The van der Waals surface area contributed by atoms with Gasteiger partial charge in [0.1, 0.15) is 10.7 Å². The van der Waals surface area contributed by atoms with E-state index in [-0.39, 0.29) is 11.5 Å². The number of benzene rings is 1. The van der Waals surface area contributed by atoms with Crippen LogP contribution < -0.4 is 0 Å². The molecule has 5 rings (SSSR count). The number of ether oxygens (including phenoxy) is 1. The lowest BCUT2D eigenvalue weighted by molar-refractivity contribution is 0.00251. The summed E-state index contributed by atoms with van der Waals surface area (Å²) in [7, 11) is 4.24. The molecular formula is C21H25N3O2S. The van der Waals surface area contributed by atoms with Gasteiger partial charge in [-0.25, -0.2) is 4.98 Å². The van der Waals surface area contributed by atoms with Crippen LogP contribution in [0.1, 0.15) is 23.3 Å². The van der Waals surface area contributed by atoms with Crippen LogP contribution in [0.3, 0.4) is 0 Å². The van der Waals surface area contributed by atoms with Gasteiger partial charge in [-0.2, -0.15) is 0 Å². The third-order valence-electron chi connectivity index (χ3n) is 6.39. The van der Waals surface area contributed by atoms with Crippen molar-refractivity contribution in [3.63, 3.8) is 0 Å². The molecule has 3 fully saturated rings. The standard InChI is InChI=1S/C21H25N3O2S/c1-23(2)10-15-16-11-24(13-21(16)9-8-18(15)26-21)20(25)17-12-27-19(22-17)14-6-4-3-5-7-14/h3-7,12,15-16,18H,8-11,13H2,1-2H3/t15-,16+,18+,21+/m0/s1. The lowest BCUT2D eigenvalue weighted by Gasteiger charge is -2.30. The number of hydrogen-bond donors (Lipinski definition) is 0. The first-order valence-corrected chi connectivity index (χ1v) is 10.6. The fourth-order valence-electron chi connectivity index (χ4n) is 5.26. The number of carbonyl (C=O) groups excluding carboxylic acids is 1. The molecule has 0 N–H and O–H groups in total. The molecule has 4 atom stereocenters. The van der Waals surface area contributed by atoms with Crippen molar-refractivity contribution in [3.8, 4) is 10.6 Å². The van der Waals surface area contributed by atoms with E-state index < -0.39 is 0 Å². The van der Waals surface area contributed by atoms with Crippen molar-refractivity contribution in [2.24, 2.45) is 11.8 Å². The molecule has 27 heavy (non-hydrogen) atoms. The van der Waals surface area contributed by atoms with Crippen molar-refractivity contribution in [3.05, 3.63) is 41.4 Å². The van der Waals surface area contributed by atoms with Gasteiger partial charge in [-0.1, -0.05) is 30.3 Å². The van der Waals surface area contributed by atoms with Crippen molar-refractivity contribution in [1.82, 2.24) is 14.8 Å². The molecule has 2 aromatic rings. The molecular weight excluding hydrogens is 358 g/mol. The highest BCUT2D eigenvalue weighted by Gasteiger charge is 2.63. The number of amides is 1. The Morgan fingerprint density at radius 1 is 1.37 bits per heavy atom. The van der Waals surface area contributed by atoms with E-state index in [9.17, 15) is 4.79 Å². The molecule has 3 aliphatic heterocycles. The second kappa shape index (κ2) is 6.40. The number of likely N-dealkylation sites (tertiary alicyclic amines) is 1. The first-order valence-electron chi connectivity index (χ1n) is 9.68. The molecule has 1 amide bonds. The number of aromatic nitrogens is 1. The first kappa shape index (κ1) is 17.3. The summed E-state index contributed by atoms with van der Waals surface area (Å²) < 4.78 is 6.45. The van der Waals surface area contributed by atoms with Crippen LogP contribution in [0.25, 0.3) is 10.6 Å². The maximum Gasteiger partial charge on any atom is 0.273 e. The van der Waals surface area contributed by atoms with Crippen LogP contribution in [-0.2, 0) is 4.74 Å². The Balaban J connectivity index is 1.35. The Morgan fingerprint density at radius 3 is 2.96 bits per heavy atom. The lowest BCUT2D eigenvalue weighted by atomic mass is 9.73. The zero-order valence-corrected chi connectivity index (χ0v) is 16.6.